The molecule has 0 saturated heterocycles. The summed E-state index contributed by atoms with van der Waals surface area (Å²) in [5.74, 6) is -0.879. The average molecular weight is 482 g/mol. The summed E-state index contributed by atoms with van der Waals surface area (Å²) in [6.07, 6.45) is -3.03. The second-order valence-electron chi connectivity index (χ2n) is 7.82. The Morgan fingerprint density at radius 1 is 0.771 bits per heavy atom. The molecule has 0 aliphatic heterocycles. The Kier molecular flexibility index (Phi) is 5.43. The van der Waals surface area contributed by atoms with E-state index >= 15 is 0 Å². The molecule has 10 heteroatoms. The molecule has 2 heterocycles. The van der Waals surface area contributed by atoms with Gasteiger partial charge in [-0.2, -0.15) is 22.8 Å². The SMILES string of the molecule is O=c1n(Cc2ccc(C(F)(F)F)cc2)nc2c(-c3ccc(F)cc3)c(-c3ccc(F)cc3)cnn12. The molecule has 5 nitrogen and oxygen atoms in total. The van der Waals surface area contributed by atoms with Crippen LogP contribution >= 0.6 is 0 Å². The van der Waals surface area contributed by atoms with Crippen LogP contribution in [-0.4, -0.2) is 19.4 Å². The van der Waals surface area contributed by atoms with Gasteiger partial charge in [-0.25, -0.2) is 18.3 Å². The van der Waals surface area contributed by atoms with Crippen molar-refractivity contribution in [1.82, 2.24) is 19.4 Å². The maximum Gasteiger partial charge on any atom is 0.416 e. The molecule has 5 rings (SSSR count). The van der Waals surface area contributed by atoms with E-state index in [1.807, 2.05) is 0 Å². The van der Waals surface area contributed by atoms with Gasteiger partial charge >= 0.3 is 11.9 Å². The van der Waals surface area contributed by atoms with Crippen molar-refractivity contribution in [3.8, 4) is 22.3 Å². The summed E-state index contributed by atoms with van der Waals surface area (Å²) in [4.78, 5) is 13.0. The van der Waals surface area contributed by atoms with Crippen molar-refractivity contribution in [3.05, 3.63) is 112 Å². The largest absolute Gasteiger partial charge is 0.416 e. The summed E-state index contributed by atoms with van der Waals surface area (Å²) in [5, 5.41) is 8.59. The van der Waals surface area contributed by atoms with E-state index in [0.29, 0.717) is 27.8 Å². The third-order valence-electron chi connectivity index (χ3n) is 5.52. The molecule has 0 saturated carbocycles. The minimum absolute atomic E-state index is 0.0882. The molecule has 0 amide bonds. The highest BCUT2D eigenvalue weighted by molar-refractivity contribution is 5.91. The Morgan fingerprint density at radius 3 is 1.91 bits per heavy atom. The van der Waals surface area contributed by atoms with Crippen molar-refractivity contribution >= 4 is 5.65 Å². The van der Waals surface area contributed by atoms with Crippen LogP contribution in [0.3, 0.4) is 0 Å². The Labute approximate surface area is 194 Å². The number of benzene rings is 3. The number of nitrogens with zero attached hydrogens (tertiary/aromatic N) is 4. The van der Waals surface area contributed by atoms with E-state index < -0.39 is 29.1 Å². The normalized spacial score (nSPS) is 11.8. The van der Waals surface area contributed by atoms with E-state index in [1.54, 1.807) is 12.1 Å². The molecular weight excluding hydrogens is 467 g/mol. The quantitative estimate of drug-likeness (QED) is 0.315. The number of fused-ring (bicyclic) bond motifs is 1. The molecule has 176 valence electrons. The van der Waals surface area contributed by atoms with Crippen molar-refractivity contribution in [2.75, 3.05) is 0 Å². The zero-order chi connectivity index (χ0) is 24.7. The number of alkyl halides is 3. The zero-order valence-corrected chi connectivity index (χ0v) is 17.8. The highest BCUT2D eigenvalue weighted by Gasteiger charge is 2.30. The molecule has 0 fully saturated rings. The van der Waals surface area contributed by atoms with Gasteiger partial charge in [0.15, 0.2) is 5.65 Å². The molecule has 0 N–H and O–H groups in total. The van der Waals surface area contributed by atoms with Crippen molar-refractivity contribution in [1.29, 1.82) is 0 Å². The summed E-state index contributed by atoms with van der Waals surface area (Å²) >= 11 is 0. The van der Waals surface area contributed by atoms with Gasteiger partial charge in [0.1, 0.15) is 11.6 Å². The Balaban J connectivity index is 1.66. The predicted molar refractivity (Wildman–Crippen MR) is 119 cm³/mol. The molecule has 0 unspecified atom stereocenters. The van der Waals surface area contributed by atoms with Gasteiger partial charge in [-0.15, -0.1) is 5.10 Å². The molecule has 3 aromatic carbocycles. The Morgan fingerprint density at radius 2 is 1.34 bits per heavy atom. The zero-order valence-electron chi connectivity index (χ0n) is 17.8. The Bertz CT molecular complexity index is 1570. The second kappa shape index (κ2) is 8.46. The summed E-state index contributed by atoms with van der Waals surface area (Å²) in [6, 6.07) is 15.7. The van der Waals surface area contributed by atoms with Crippen LogP contribution in [0, 0.1) is 11.6 Å². The highest BCUT2D eigenvalue weighted by Crippen LogP contribution is 2.34. The van der Waals surface area contributed by atoms with Gasteiger partial charge in [-0.1, -0.05) is 36.4 Å². The van der Waals surface area contributed by atoms with Gasteiger partial charge in [0, 0.05) is 11.1 Å². The van der Waals surface area contributed by atoms with Crippen LogP contribution in [0.2, 0.25) is 0 Å². The van der Waals surface area contributed by atoms with Crippen LogP contribution in [-0.2, 0) is 12.7 Å². The van der Waals surface area contributed by atoms with Gasteiger partial charge in [0.25, 0.3) is 0 Å². The molecule has 5 aromatic rings. The second-order valence-corrected chi connectivity index (χ2v) is 7.82. The van der Waals surface area contributed by atoms with E-state index in [9.17, 15) is 26.7 Å². The predicted octanol–water partition coefficient (Wildman–Crippen LogP) is 5.57. The van der Waals surface area contributed by atoms with Crippen LogP contribution in [0.5, 0.6) is 0 Å². The summed E-state index contributed by atoms with van der Waals surface area (Å²) in [6.45, 7) is -0.0882. The molecule has 35 heavy (non-hydrogen) atoms. The van der Waals surface area contributed by atoms with Crippen LogP contribution in [0.15, 0.2) is 83.8 Å². The molecule has 0 spiro atoms. The molecule has 0 atom stereocenters. The van der Waals surface area contributed by atoms with Crippen molar-refractivity contribution < 1.29 is 22.0 Å². The van der Waals surface area contributed by atoms with E-state index in [-0.39, 0.29) is 12.2 Å². The highest BCUT2D eigenvalue weighted by atomic mass is 19.4. The number of hydrogen-bond donors (Lipinski definition) is 0. The maximum atomic E-state index is 13.6. The third kappa shape index (κ3) is 4.30. The number of rotatable bonds is 4. The first-order valence-electron chi connectivity index (χ1n) is 10.4. The number of hydrogen-bond acceptors (Lipinski definition) is 3. The van der Waals surface area contributed by atoms with Gasteiger partial charge in [-0.05, 0) is 53.1 Å². The third-order valence-corrected chi connectivity index (χ3v) is 5.52. The lowest BCUT2D eigenvalue weighted by atomic mass is 9.97. The van der Waals surface area contributed by atoms with Gasteiger partial charge in [0.2, 0.25) is 0 Å². The minimum atomic E-state index is -4.47. The lowest BCUT2D eigenvalue weighted by molar-refractivity contribution is -0.137. The summed E-state index contributed by atoms with van der Waals surface area (Å²) in [7, 11) is 0. The standard InChI is InChI=1S/C25H15F5N4O/c26-19-9-3-16(4-10-19)21-13-31-34-23(22(21)17-5-11-20(27)12-6-17)32-33(24(34)35)14-15-1-7-18(8-2-15)25(28,29)30/h1-13H,14H2. The fourth-order valence-corrected chi connectivity index (χ4v) is 3.78. The van der Waals surface area contributed by atoms with Gasteiger partial charge < -0.3 is 0 Å². The fourth-order valence-electron chi connectivity index (χ4n) is 3.78. The van der Waals surface area contributed by atoms with E-state index in [1.165, 1.54) is 54.7 Å². The average Bonchev–Trinajstić information content (AvgIpc) is 3.14. The van der Waals surface area contributed by atoms with Crippen molar-refractivity contribution in [3.63, 3.8) is 0 Å². The molecule has 0 bridgehead atoms. The van der Waals surface area contributed by atoms with Gasteiger partial charge in [0.05, 0.1) is 18.3 Å². The van der Waals surface area contributed by atoms with E-state index in [0.717, 1.165) is 21.3 Å². The Hall–Kier alpha value is -4.34. The number of aromatic nitrogens is 4. The van der Waals surface area contributed by atoms with Crippen LogP contribution in [0.1, 0.15) is 11.1 Å². The van der Waals surface area contributed by atoms with Crippen LogP contribution in [0.25, 0.3) is 27.9 Å². The van der Waals surface area contributed by atoms with E-state index in [2.05, 4.69) is 10.2 Å². The van der Waals surface area contributed by atoms with Crippen molar-refractivity contribution in [2.24, 2.45) is 0 Å². The molecule has 0 radical (unpaired) electrons. The van der Waals surface area contributed by atoms with E-state index in [4.69, 9.17) is 0 Å². The monoisotopic (exact) mass is 482 g/mol. The van der Waals surface area contributed by atoms with Crippen molar-refractivity contribution in [2.45, 2.75) is 12.7 Å². The lowest BCUT2D eigenvalue weighted by Gasteiger charge is -2.10. The number of halogens is 5. The molecule has 0 aliphatic rings. The summed E-state index contributed by atoms with van der Waals surface area (Å²) in [5.41, 5.74) is 1.35. The van der Waals surface area contributed by atoms with Gasteiger partial charge in [-0.3, -0.25) is 0 Å². The maximum absolute atomic E-state index is 13.6. The molecule has 0 aliphatic carbocycles. The van der Waals surface area contributed by atoms with Crippen LogP contribution in [0.4, 0.5) is 22.0 Å². The lowest BCUT2D eigenvalue weighted by Crippen LogP contribution is -2.23. The smallest absolute Gasteiger partial charge is 0.244 e. The molecule has 2 aromatic heterocycles. The minimum Gasteiger partial charge on any atom is -0.244 e. The fraction of sp³-hybridized carbons (Fsp3) is 0.0800. The summed E-state index contributed by atoms with van der Waals surface area (Å²) < 4.78 is 67.8. The van der Waals surface area contributed by atoms with Crippen LogP contribution < -0.4 is 5.69 Å². The first-order chi connectivity index (χ1) is 16.7. The molecular formula is C25H15F5N4O. The first-order valence-corrected chi connectivity index (χ1v) is 10.4. The first kappa shape index (κ1) is 22.5. The topological polar surface area (TPSA) is 52.2 Å².